The van der Waals surface area contributed by atoms with Crippen LogP contribution in [0.4, 0.5) is 0 Å². The third kappa shape index (κ3) is 9.18. The molecule has 1 aromatic rings. The van der Waals surface area contributed by atoms with Crippen LogP contribution in [0.3, 0.4) is 0 Å². The van der Waals surface area contributed by atoms with Gasteiger partial charge in [0.15, 0.2) is 0 Å². The van der Waals surface area contributed by atoms with Crippen LogP contribution in [-0.2, 0) is 10.0 Å². The van der Waals surface area contributed by atoms with Gasteiger partial charge >= 0.3 is 0 Å². The Morgan fingerprint density at radius 2 is 1.15 bits per heavy atom. The molecule has 0 radical (unpaired) electrons. The lowest BCUT2D eigenvalue weighted by atomic mass is 10.1. The standard InChI is InChI=1S/C22H39NO2S/c1-4-5-6-7-8-9-10-11-12-13-14-15-20-23(3)26(24,25)22-18-16-21(2)17-19-22/h16-19H,4-15,20H2,1-3H3. The molecule has 0 spiro atoms. The number of nitrogens with zero attached hydrogens (tertiary/aromatic N) is 1. The molecule has 0 saturated heterocycles. The second-order valence-corrected chi connectivity index (χ2v) is 9.57. The van der Waals surface area contributed by atoms with E-state index >= 15 is 0 Å². The Balaban J connectivity index is 2.07. The first kappa shape index (κ1) is 23.2. The Hall–Kier alpha value is -0.870. The second-order valence-electron chi connectivity index (χ2n) is 7.53. The molecule has 3 nitrogen and oxygen atoms in total. The summed E-state index contributed by atoms with van der Waals surface area (Å²) in [5, 5.41) is 0. The molecule has 0 aliphatic carbocycles. The fourth-order valence-electron chi connectivity index (χ4n) is 3.19. The van der Waals surface area contributed by atoms with Crippen LogP contribution in [-0.4, -0.2) is 26.3 Å². The summed E-state index contributed by atoms with van der Waals surface area (Å²) in [6.07, 6.45) is 15.5. The van der Waals surface area contributed by atoms with Gasteiger partial charge in [0, 0.05) is 13.6 Å². The van der Waals surface area contributed by atoms with Gasteiger partial charge in [-0.15, -0.1) is 0 Å². The number of unbranched alkanes of at least 4 members (excludes halogenated alkanes) is 11. The number of aryl methyl sites for hydroxylation is 1. The molecular formula is C22H39NO2S. The summed E-state index contributed by atoms with van der Waals surface area (Å²) in [7, 11) is -1.65. The van der Waals surface area contributed by atoms with Crippen LogP contribution in [0.5, 0.6) is 0 Å². The maximum absolute atomic E-state index is 12.5. The number of hydrogen-bond acceptors (Lipinski definition) is 2. The molecule has 4 heteroatoms. The van der Waals surface area contributed by atoms with Crippen molar-refractivity contribution in [1.82, 2.24) is 4.31 Å². The molecule has 0 heterocycles. The Labute approximate surface area is 162 Å². The van der Waals surface area contributed by atoms with Crippen LogP contribution in [0.2, 0.25) is 0 Å². The van der Waals surface area contributed by atoms with Crippen LogP contribution in [0.1, 0.15) is 89.5 Å². The van der Waals surface area contributed by atoms with Crippen molar-refractivity contribution in [3.63, 3.8) is 0 Å². The summed E-state index contributed by atoms with van der Waals surface area (Å²) in [6, 6.07) is 7.10. The first-order valence-corrected chi connectivity index (χ1v) is 12.0. The van der Waals surface area contributed by atoms with Crippen molar-refractivity contribution in [3.05, 3.63) is 29.8 Å². The monoisotopic (exact) mass is 381 g/mol. The van der Waals surface area contributed by atoms with Gasteiger partial charge in [0.2, 0.25) is 10.0 Å². The zero-order valence-electron chi connectivity index (χ0n) is 17.2. The molecule has 0 aliphatic heterocycles. The van der Waals surface area contributed by atoms with Crippen LogP contribution in [0.15, 0.2) is 29.2 Å². The number of hydrogen-bond donors (Lipinski definition) is 0. The van der Waals surface area contributed by atoms with E-state index in [9.17, 15) is 8.42 Å². The van der Waals surface area contributed by atoms with Gasteiger partial charge in [-0.1, -0.05) is 95.2 Å². The van der Waals surface area contributed by atoms with Crippen molar-refractivity contribution < 1.29 is 8.42 Å². The lowest BCUT2D eigenvalue weighted by molar-refractivity contribution is 0.447. The summed E-state index contributed by atoms with van der Waals surface area (Å²) in [4.78, 5) is 0.393. The van der Waals surface area contributed by atoms with E-state index in [-0.39, 0.29) is 0 Å². The second kappa shape index (κ2) is 13.3. The molecule has 26 heavy (non-hydrogen) atoms. The molecule has 0 atom stereocenters. The van der Waals surface area contributed by atoms with Crippen molar-refractivity contribution >= 4 is 10.0 Å². The fourth-order valence-corrected chi connectivity index (χ4v) is 4.40. The Morgan fingerprint density at radius 1 is 0.731 bits per heavy atom. The highest BCUT2D eigenvalue weighted by Gasteiger charge is 2.19. The quantitative estimate of drug-likeness (QED) is 0.333. The molecule has 0 bridgehead atoms. The molecule has 150 valence electrons. The highest BCUT2D eigenvalue weighted by molar-refractivity contribution is 7.89. The van der Waals surface area contributed by atoms with Gasteiger partial charge in [0.25, 0.3) is 0 Å². The summed E-state index contributed by atoms with van der Waals surface area (Å²) >= 11 is 0. The minimum Gasteiger partial charge on any atom is -0.207 e. The molecule has 1 rings (SSSR count). The van der Waals surface area contributed by atoms with E-state index in [0.717, 1.165) is 18.4 Å². The summed E-state index contributed by atoms with van der Waals surface area (Å²) in [6.45, 7) is 4.83. The smallest absolute Gasteiger partial charge is 0.207 e. The summed E-state index contributed by atoms with van der Waals surface area (Å²) in [5.74, 6) is 0. The van der Waals surface area contributed by atoms with E-state index in [2.05, 4.69) is 6.92 Å². The summed E-state index contributed by atoms with van der Waals surface area (Å²) in [5.41, 5.74) is 1.08. The van der Waals surface area contributed by atoms with Gasteiger partial charge in [-0.25, -0.2) is 12.7 Å². The Kier molecular flexibility index (Phi) is 11.9. The van der Waals surface area contributed by atoms with E-state index in [1.807, 2.05) is 19.1 Å². The zero-order valence-corrected chi connectivity index (χ0v) is 18.0. The Morgan fingerprint density at radius 3 is 1.62 bits per heavy atom. The molecule has 0 amide bonds. The normalized spacial score (nSPS) is 12.0. The van der Waals surface area contributed by atoms with Crippen molar-refractivity contribution in [2.75, 3.05) is 13.6 Å². The van der Waals surface area contributed by atoms with Crippen molar-refractivity contribution in [1.29, 1.82) is 0 Å². The van der Waals surface area contributed by atoms with Crippen molar-refractivity contribution in [3.8, 4) is 0 Å². The third-order valence-electron chi connectivity index (χ3n) is 5.06. The Bertz CT molecular complexity index is 566. The van der Waals surface area contributed by atoms with Crippen molar-refractivity contribution in [2.24, 2.45) is 0 Å². The van der Waals surface area contributed by atoms with E-state index < -0.39 is 10.0 Å². The lowest BCUT2D eigenvalue weighted by Crippen LogP contribution is -2.27. The van der Waals surface area contributed by atoms with Gasteiger partial charge in [0.1, 0.15) is 0 Å². The van der Waals surface area contributed by atoms with Gasteiger partial charge in [-0.05, 0) is 25.5 Å². The maximum atomic E-state index is 12.5. The van der Waals surface area contributed by atoms with E-state index in [1.165, 1.54) is 68.5 Å². The molecule has 0 aliphatic rings. The molecule has 0 fully saturated rings. The molecular weight excluding hydrogens is 342 g/mol. The van der Waals surface area contributed by atoms with E-state index in [0.29, 0.717) is 11.4 Å². The fraction of sp³-hybridized carbons (Fsp3) is 0.727. The van der Waals surface area contributed by atoms with Crippen LogP contribution in [0.25, 0.3) is 0 Å². The van der Waals surface area contributed by atoms with Crippen LogP contribution in [0, 0.1) is 6.92 Å². The van der Waals surface area contributed by atoms with Crippen LogP contribution >= 0.6 is 0 Å². The lowest BCUT2D eigenvalue weighted by Gasteiger charge is -2.17. The average Bonchev–Trinajstić information content (AvgIpc) is 2.62. The van der Waals surface area contributed by atoms with Gasteiger partial charge < -0.3 is 0 Å². The minimum absolute atomic E-state index is 0.393. The third-order valence-corrected chi connectivity index (χ3v) is 6.93. The molecule has 0 aromatic heterocycles. The summed E-state index contributed by atoms with van der Waals surface area (Å²) < 4.78 is 26.5. The molecule has 1 aromatic carbocycles. The van der Waals surface area contributed by atoms with E-state index in [1.54, 1.807) is 19.2 Å². The van der Waals surface area contributed by atoms with Gasteiger partial charge in [-0.2, -0.15) is 0 Å². The highest BCUT2D eigenvalue weighted by atomic mass is 32.2. The number of benzene rings is 1. The SMILES string of the molecule is CCCCCCCCCCCCCCN(C)S(=O)(=O)c1ccc(C)cc1. The first-order chi connectivity index (χ1) is 12.5. The largest absolute Gasteiger partial charge is 0.242 e. The molecule has 0 saturated carbocycles. The van der Waals surface area contributed by atoms with E-state index in [4.69, 9.17) is 0 Å². The molecule has 0 N–H and O–H groups in total. The minimum atomic E-state index is -3.34. The van der Waals surface area contributed by atoms with Crippen LogP contribution < -0.4 is 0 Å². The molecule has 0 unspecified atom stereocenters. The number of sulfonamides is 1. The zero-order chi connectivity index (χ0) is 19.3. The maximum Gasteiger partial charge on any atom is 0.242 e. The highest BCUT2D eigenvalue weighted by Crippen LogP contribution is 2.16. The average molecular weight is 382 g/mol. The van der Waals surface area contributed by atoms with Crippen molar-refractivity contribution in [2.45, 2.75) is 95.8 Å². The van der Waals surface area contributed by atoms with Gasteiger partial charge in [0.05, 0.1) is 4.90 Å². The first-order valence-electron chi connectivity index (χ1n) is 10.5. The number of rotatable bonds is 15. The topological polar surface area (TPSA) is 37.4 Å². The predicted octanol–water partition coefficient (Wildman–Crippen LogP) is 6.32. The van der Waals surface area contributed by atoms with Gasteiger partial charge in [-0.3, -0.25) is 0 Å². The predicted molar refractivity (Wildman–Crippen MR) is 112 cm³/mol.